The van der Waals surface area contributed by atoms with E-state index in [1.807, 2.05) is 0 Å². The molecule has 24 heavy (non-hydrogen) atoms. The van der Waals surface area contributed by atoms with Crippen molar-refractivity contribution >= 4 is 5.91 Å². The van der Waals surface area contributed by atoms with E-state index in [0.29, 0.717) is 6.61 Å². The largest absolute Gasteiger partial charge is 0.394 e. The van der Waals surface area contributed by atoms with Crippen molar-refractivity contribution in [3.05, 3.63) is 0 Å². The van der Waals surface area contributed by atoms with Crippen LogP contribution in [0.25, 0.3) is 0 Å². The molecule has 1 aliphatic heterocycles. The second kappa shape index (κ2) is 11.8. The van der Waals surface area contributed by atoms with Crippen LogP contribution in [0.3, 0.4) is 0 Å². The van der Waals surface area contributed by atoms with Gasteiger partial charge in [0.2, 0.25) is 5.91 Å². The lowest BCUT2D eigenvalue weighted by Crippen LogP contribution is -2.64. The highest BCUT2D eigenvalue weighted by Crippen LogP contribution is 2.22. The number of carbonyl (C=O) groups excluding carboxylic acids is 1. The lowest BCUT2D eigenvalue weighted by atomic mass is 9.97. The average Bonchev–Trinajstić information content (AvgIpc) is 2.55. The minimum absolute atomic E-state index is 0.346. The molecule has 0 spiro atoms. The number of ether oxygens (including phenoxy) is 2. The SMILES string of the molecule is CCCCCCCCCO[C@@H]1O[C@H](CO)[C@H](O)[C@H](O)[C@@H]1NC(C)=O. The Hall–Kier alpha value is -0.730. The Morgan fingerprint density at radius 1 is 1.08 bits per heavy atom. The maximum Gasteiger partial charge on any atom is 0.217 e. The second-order valence-electron chi connectivity index (χ2n) is 6.43. The van der Waals surface area contributed by atoms with Crippen LogP contribution in [0, 0.1) is 0 Å². The Balaban J connectivity index is 2.39. The molecule has 0 aliphatic carbocycles. The topological polar surface area (TPSA) is 108 Å². The molecule has 5 atom stereocenters. The Bertz CT molecular complexity index is 354. The van der Waals surface area contributed by atoms with Crippen LogP contribution in [0.2, 0.25) is 0 Å². The molecule has 4 N–H and O–H groups in total. The van der Waals surface area contributed by atoms with Crippen LogP contribution in [0.1, 0.15) is 58.8 Å². The van der Waals surface area contributed by atoms with Crippen LogP contribution in [-0.4, -0.2) is 65.1 Å². The van der Waals surface area contributed by atoms with E-state index in [9.17, 15) is 20.1 Å². The van der Waals surface area contributed by atoms with Gasteiger partial charge in [0.1, 0.15) is 24.4 Å². The van der Waals surface area contributed by atoms with Crippen LogP contribution < -0.4 is 5.32 Å². The third-order valence-corrected chi connectivity index (χ3v) is 4.28. The maximum atomic E-state index is 11.3. The van der Waals surface area contributed by atoms with Gasteiger partial charge in [0, 0.05) is 13.5 Å². The fourth-order valence-corrected chi connectivity index (χ4v) is 2.87. The van der Waals surface area contributed by atoms with Gasteiger partial charge in [-0.1, -0.05) is 45.4 Å². The van der Waals surface area contributed by atoms with Crippen LogP contribution in [-0.2, 0) is 14.3 Å². The molecule has 0 saturated carbocycles. The Kier molecular flexibility index (Phi) is 10.4. The van der Waals surface area contributed by atoms with Gasteiger partial charge in [0.25, 0.3) is 0 Å². The minimum atomic E-state index is -1.27. The third kappa shape index (κ3) is 7.03. The van der Waals surface area contributed by atoms with E-state index in [4.69, 9.17) is 9.47 Å². The van der Waals surface area contributed by atoms with Crippen molar-refractivity contribution in [2.75, 3.05) is 13.2 Å². The number of hydrogen-bond donors (Lipinski definition) is 4. The number of hydrogen-bond acceptors (Lipinski definition) is 6. The van der Waals surface area contributed by atoms with Crippen LogP contribution in [0.15, 0.2) is 0 Å². The first-order valence-corrected chi connectivity index (χ1v) is 9.02. The Labute approximate surface area is 144 Å². The zero-order valence-electron chi connectivity index (χ0n) is 14.8. The third-order valence-electron chi connectivity index (χ3n) is 4.28. The van der Waals surface area contributed by atoms with E-state index in [1.165, 1.54) is 32.6 Å². The normalized spacial score (nSPS) is 30.3. The van der Waals surface area contributed by atoms with Crippen molar-refractivity contribution in [3.8, 4) is 0 Å². The molecular weight excluding hydrogens is 314 g/mol. The summed E-state index contributed by atoms with van der Waals surface area (Å²) in [7, 11) is 0. The van der Waals surface area contributed by atoms with Gasteiger partial charge < -0.3 is 30.1 Å². The fourth-order valence-electron chi connectivity index (χ4n) is 2.87. The first-order chi connectivity index (χ1) is 11.5. The highest BCUT2D eigenvalue weighted by Gasteiger charge is 2.45. The molecule has 1 aliphatic rings. The number of amides is 1. The first-order valence-electron chi connectivity index (χ1n) is 9.02. The van der Waals surface area contributed by atoms with Crippen molar-refractivity contribution in [3.63, 3.8) is 0 Å². The highest BCUT2D eigenvalue weighted by atomic mass is 16.7. The molecule has 0 aromatic carbocycles. The molecule has 1 heterocycles. The predicted octanol–water partition coefficient (Wildman–Crippen LogP) is 0.697. The number of rotatable bonds is 11. The fraction of sp³-hybridized carbons (Fsp3) is 0.941. The molecule has 142 valence electrons. The molecule has 1 rings (SSSR count). The van der Waals surface area contributed by atoms with E-state index in [1.54, 1.807) is 0 Å². The Morgan fingerprint density at radius 2 is 1.71 bits per heavy atom. The van der Waals surface area contributed by atoms with E-state index < -0.39 is 37.3 Å². The number of carbonyl (C=O) groups is 1. The van der Waals surface area contributed by atoms with Gasteiger partial charge in [-0.25, -0.2) is 0 Å². The standard InChI is InChI=1S/C17H33NO6/c1-3-4-5-6-7-8-9-10-23-17-14(18-12(2)20)16(22)15(21)13(11-19)24-17/h13-17,19,21-22H,3-11H2,1-2H3,(H,18,20)/t13-,14+,15+,16-,17-/m1/s1. The molecule has 1 fully saturated rings. The maximum absolute atomic E-state index is 11.3. The smallest absolute Gasteiger partial charge is 0.217 e. The second-order valence-corrected chi connectivity index (χ2v) is 6.43. The first kappa shape index (κ1) is 21.3. The summed E-state index contributed by atoms with van der Waals surface area (Å²) in [5, 5.41) is 31.8. The number of unbranched alkanes of at least 4 members (excludes halogenated alkanes) is 6. The lowest BCUT2D eigenvalue weighted by Gasteiger charge is -2.42. The highest BCUT2D eigenvalue weighted by molar-refractivity contribution is 5.73. The summed E-state index contributed by atoms with van der Waals surface area (Å²) in [6.07, 6.45) is 3.72. The molecule has 1 amide bonds. The predicted molar refractivity (Wildman–Crippen MR) is 89.3 cm³/mol. The van der Waals surface area contributed by atoms with Crippen LogP contribution in [0.4, 0.5) is 0 Å². The van der Waals surface area contributed by atoms with Gasteiger partial charge in [-0.15, -0.1) is 0 Å². The Morgan fingerprint density at radius 3 is 2.29 bits per heavy atom. The van der Waals surface area contributed by atoms with Crippen molar-refractivity contribution in [1.82, 2.24) is 5.32 Å². The van der Waals surface area contributed by atoms with Gasteiger partial charge in [-0.3, -0.25) is 4.79 Å². The van der Waals surface area contributed by atoms with Gasteiger partial charge >= 0.3 is 0 Å². The molecule has 0 radical (unpaired) electrons. The molecule has 1 saturated heterocycles. The summed E-state index contributed by atoms with van der Waals surface area (Å²) in [6, 6.07) is -0.857. The molecule has 7 nitrogen and oxygen atoms in total. The van der Waals surface area contributed by atoms with Gasteiger partial charge in [-0.05, 0) is 6.42 Å². The van der Waals surface area contributed by atoms with E-state index in [-0.39, 0.29) is 5.91 Å². The van der Waals surface area contributed by atoms with Gasteiger partial charge in [0.15, 0.2) is 6.29 Å². The monoisotopic (exact) mass is 347 g/mol. The van der Waals surface area contributed by atoms with Gasteiger partial charge in [-0.2, -0.15) is 0 Å². The van der Waals surface area contributed by atoms with Crippen LogP contribution in [0.5, 0.6) is 0 Å². The summed E-state index contributed by atoms with van der Waals surface area (Å²) in [5.41, 5.74) is 0. The zero-order valence-corrected chi connectivity index (χ0v) is 14.8. The minimum Gasteiger partial charge on any atom is -0.394 e. The zero-order chi connectivity index (χ0) is 17.9. The van der Waals surface area contributed by atoms with Crippen molar-refractivity contribution in [1.29, 1.82) is 0 Å². The molecule has 0 bridgehead atoms. The van der Waals surface area contributed by atoms with Crippen molar-refractivity contribution in [2.45, 2.75) is 89.4 Å². The van der Waals surface area contributed by atoms with Crippen LogP contribution >= 0.6 is 0 Å². The molecule has 0 aromatic rings. The molecule has 0 unspecified atom stereocenters. The average molecular weight is 347 g/mol. The van der Waals surface area contributed by atoms with Gasteiger partial charge in [0.05, 0.1) is 6.61 Å². The van der Waals surface area contributed by atoms with E-state index in [0.717, 1.165) is 19.3 Å². The van der Waals surface area contributed by atoms with E-state index >= 15 is 0 Å². The summed E-state index contributed by atoms with van der Waals surface area (Å²) < 4.78 is 11.2. The van der Waals surface area contributed by atoms with E-state index in [2.05, 4.69) is 12.2 Å². The summed E-state index contributed by atoms with van der Waals surface area (Å²) in [4.78, 5) is 11.3. The summed E-state index contributed by atoms with van der Waals surface area (Å²) in [6.45, 7) is 3.52. The summed E-state index contributed by atoms with van der Waals surface area (Å²) in [5.74, 6) is -0.346. The molecule has 7 heteroatoms. The quantitative estimate of drug-likeness (QED) is 0.410. The van der Waals surface area contributed by atoms with Crippen molar-refractivity contribution in [2.24, 2.45) is 0 Å². The number of aliphatic hydroxyl groups excluding tert-OH is 3. The molecule has 0 aromatic heterocycles. The number of aliphatic hydroxyl groups is 3. The summed E-state index contributed by atoms with van der Waals surface area (Å²) >= 11 is 0. The number of nitrogens with one attached hydrogen (secondary N) is 1. The van der Waals surface area contributed by atoms with Crippen molar-refractivity contribution < 1.29 is 29.6 Å². The molecular formula is C17H33NO6. The lowest BCUT2D eigenvalue weighted by molar-refractivity contribution is -0.270.